The van der Waals surface area contributed by atoms with Crippen LogP contribution in [0.15, 0.2) is 12.3 Å². The first-order valence-corrected chi connectivity index (χ1v) is 7.16. The molecule has 1 aromatic heterocycles. The van der Waals surface area contributed by atoms with Crippen LogP contribution >= 0.6 is 15.9 Å². The van der Waals surface area contributed by atoms with Crippen molar-refractivity contribution in [3.05, 3.63) is 28.1 Å². The minimum absolute atomic E-state index is 0.0872. The van der Waals surface area contributed by atoms with Crippen LogP contribution in [0.25, 0.3) is 0 Å². The van der Waals surface area contributed by atoms with Crippen molar-refractivity contribution in [2.75, 3.05) is 7.05 Å². The summed E-state index contributed by atoms with van der Waals surface area (Å²) < 4.78 is 0. The van der Waals surface area contributed by atoms with E-state index in [1.807, 2.05) is 0 Å². The summed E-state index contributed by atoms with van der Waals surface area (Å²) in [5.41, 5.74) is 0.176. The number of hydrogen-bond acceptors (Lipinski definition) is 3. The Balaban J connectivity index is 2.11. The van der Waals surface area contributed by atoms with Crippen molar-refractivity contribution < 1.29 is 9.72 Å². The molecule has 6 nitrogen and oxygen atoms in total. The molecule has 0 aromatic carbocycles. The SMILES string of the molecule is CN(C(=O)c1cc([N+](=O)[O-])c[nH]1)C1CCCCC1Br. The van der Waals surface area contributed by atoms with Gasteiger partial charge in [-0.2, -0.15) is 0 Å². The smallest absolute Gasteiger partial charge is 0.287 e. The molecular formula is C12H16BrN3O3. The normalized spacial score (nSPS) is 23.1. The number of carbonyl (C=O) groups excluding carboxylic acids is 1. The van der Waals surface area contributed by atoms with Gasteiger partial charge in [0.15, 0.2) is 0 Å². The number of nitrogens with zero attached hydrogens (tertiary/aromatic N) is 2. The van der Waals surface area contributed by atoms with Crippen molar-refractivity contribution in [2.24, 2.45) is 0 Å². The summed E-state index contributed by atoms with van der Waals surface area (Å²) in [5.74, 6) is -0.204. The van der Waals surface area contributed by atoms with Gasteiger partial charge in [-0.05, 0) is 12.8 Å². The molecule has 0 saturated heterocycles. The molecule has 19 heavy (non-hydrogen) atoms. The Morgan fingerprint density at radius 3 is 2.79 bits per heavy atom. The lowest BCUT2D eigenvalue weighted by atomic mass is 9.94. The fourth-order valence-electron chi connectivity index (χ4n) is 2.45. The predicted molar refractivity (Wildman–Crippen MR) is 74.5 cm³/mol. The van der Waals surface area contributed by atoms with Gasteiger partial charge in [0.2, 0.25) is 0 Å². The number of amides is 1. The zero-order valence-electron chi connectivity index (χ0n) is 10.6. The monoisotopic (exact) mass is 329 g/mol. The number of nitro groups is 1. The van der Waals surface area contributed by atoms with Crippen LogP contribution < -0.4 is 0 Å². The Kier molecular flexibility index (Phi) is 4.24. The molecule has 1 aliphatic carbocycles. The van der Waals surface area contributed by atoms with Crippen molar-refractivity contribution in [3.8, 4) is 0 Å². The van der Waals surface area contributed by atoms with Crippen LogP contribution in [-0.2, 0) is 0 Å². The molecule has 1 saturated carbocycles. The number of halogens is 1. The Hall–Kier alpha value is -1.37. The second kappa shape index (κ2) is 5.73. The third-order valence-electron chi connectivity index (χ3n) is 3.57. The van der Waals surface area contributed by atoms with Gasteiger partial charge in [-0.3, -0.25) is 14.9 Å². The summed E-state index contributed by atoms with van der Waals surface area (Å²) in [6, 6.07) is 1.42. The number of aromatic amines is 1. The van der Waals surface area contributed by atoms with E-state index in [1.165, 1.54) is 18.7 Å². The Bertz CT molecular complexity index is 488. The maximum Gasteiger partial charge on any atom is 0.287 e. The zero-order chi connectivity index (χ0) is 14.0. The van der Waals surface area contributed by atoms with E-state index in [-0.39, 0.29) is 23.3 Å². The van der Waals surface area contributed by atoms with E-state index < -0.39 is 4.92 Å². The number of nitrogens with one attached hydrogen (secondary N) is 1. The van der Waals surface area contributed by atoms with Gasteiger partial charge in [-0.25, -0.2) is 0 Å². The molecule has 1 aliphatic rings. The van der Waals surface area contributed by atoms with E-state index in [4.69, 9.17) is 0 Å². The van der Waals surface area contributed by atoms with Gasteiger partial charge in [0.05, 0.1) is 11.1 Å². The summed E-state index contributed by atoms with van der Waals surface area (Å²) in [6.45, 7) is 0. The van der Waals surface area contributed by atoms with E-state index in [2.05, 4.69) is 20.9 Å². The lowest BCUT2D eigenvalue weighted by Crippen LogP contribution is -2.44. The first-order chi connectivity index (χ1) is 9.00. The number of H-pyrrole nitrogens is 1. The highest BCUT2D eigenvalue weighted by Crippen LogP contribution is 2.28. The van der Waals surface area contributed by atoms with Crippen molar-refractivity contribution >= 4 is 27.5 Å². The third kappa shape index (κ3) is 2.97. The number of hydrogen-bond donors (Lipinski definition) is 1. The Morgan fingerprint density at radius 2 is 2.21 bits per heavy atom. The first kappa shape index (κ1) is 14.0. The molecule has 1 fully saturated rings. The Labute approximate surface area is 119 Å². The summed E-state index contributed by atoms with van der Waals surface area (Å²) in [4.78, 5) is 27.0. The molecule has 104 valence electrons. The van der Waals surface area contributed by atoms with E-state index >= 15 is 0 Å². The van der Waals surface area contributed by atoms with Crippen LogP contribution in [-0.4, -0.2) is 38.6 Å². The molecule has 0 radical (unpaired) electrons. The predicted octanol–water partition coefficient (Wildman–Crippen LogP) is 2.70. The molecule has 0 spiro atoms. The van der Waals surface area contributed by atoms with Crippen LogP contribution in [0.3, 0.4) is 0 Å². The van der Waals surface area contributed by atoms with Crippen LogP contribution in [0.4, 0.5) is 5.69 Å². The van der Waals surface area contributed by atoms with Gasteiger partial charge >= 0.3 is 0 Å². The average molecular weight is 330 g/mol. The molecule has 0 bridgehead atoms. The van der Waals surface area contributed by atoms with Crippen molar-refractivity contribution in [1.82, 2.24) is 9.88 Å². The second-order valence-corrected chi connectivity index (χ2v) is 5.99. The summed E-state index contributed by atoms with van der Waals surface area (Å²) in [7, 11) is 1.75. The van der Waals surface area contributed by atoms with Gasteiger partial charge in [0, 0.05) is 24.0 Å². The molecule has 0 aliphatic heterocycles. The maximum absolute atomic E-state index is 12.3. The number of alkyl halides is 1. The number of aromatic nitrogens is 1. The van der Waals surface area contributed by atoms with Crippen molar-refractivity contribution in [3.63, 3.8) is 0 Å². The van der Waals surface area contributed by atoms with Gasteiger partial charge in [0.1, 0.15) is 5.69 Å². The van der Waals surface area contributed by atoms with Crippen molar-refractivity contribution in [1.29, 1.82) is 0 Å². The van der Waals surface area contributed by atoms with E-state index in [9.17, 15) is 14.9 Å². The molecule has 1 amide bonds. The fraction of sp³-hybridized carbons (Fsp3) is 0.583. The highest BCUT2D eigenvalue weighted by atomic mass is 79.9. The molecule has 1 N–H and O–H groups in total. The largest absolute Gasteiger partial charge is 0.351 e. The maximum atomic E-state index is 12.3. The van der Waals surface area contributed by atoms with Crippen LogP contribution in [0.2, 0.25) is 0 Å². The molecule has 2 atom stereocenters. The first-order valence-electron chi connectivity index (χ1n) is 6.24. The quantitative estimate of drug-likeness (QED) is 0.526. The summed E-state index contributed by atoms with van der Waals surface area (Å²) >= 11 is 3.61. The molecule has 2 rings (SSSR count). The molecule has 1 heterocycles. The molecule has 7 heteroatoms. The van der Waals surface area contributed by atoms with E-state index in [1.54, 1.807) is 11.9 Å². The standard InChI is InChI=1S/C12H16BrN3O3/c1-15(11-5-3-2-4-9(11)13)12(17)10-6-8(7-14-10)16(18)19/h6-7,9,11,14H,2-5H2,1H3. The number of rotatable bonds is 3. The van der Waals surface area contributed by atoms with Gasteiger partial charge in [-0.15, -0.1) is 0 Å². The highest BCUT2D eigenvalue weighted by molar-refractivity contribution is 9.09. The lowest BCUT2D eigenvalue weighted by Gasteiger charge is -2.34. The highest BCUT2D eigenvalue weighted by Gasteiger charge is 2.30. The van der Waals surface area contributed by atoms with Gasteiger partial charge in [0.25, 0.3) is 11.6 Å². The topological polar surface area (TPSA) is 79.2 Å². The van der Waals surface area contributed by atoms with E-state index in [0.29, 0.717) is 4.83 Å². The van der Waals surface area contributed by atoms with Gasteiger partial charge < -0.3 is 9.88 Å². The lowest BCUT2D eigenvalue weighted by molar-refractivity contribution is -0.384. The average Bonchev–Trinajstić information content (AvgIpc) is 2.87. The van der Waals surface area contributed by atoms with Crippen molar-refractivity contribution in [2.45, 2.75) is 36.6 Å². The Morgan fingerprint density at radius 1 is 1.53 bits per heavy atom. The van der Waals surface area contributed by atoms with Crippen LogP contribution in [0.5, 0.6) is 0 Å². The summed E-state index contributed by atoms with van der Waals surface area (Å²) in [6.07, 6.45) is 5.53. The van der Waals surface area contributed by atoms with E-state index in [0.717, 1.165) is 19.3 Å². The van der Waals surface area contributed by atoms with Gasteiger partial charge in [-0.1, -0.05) is 28.8 Å². The minimum Gasteiger partial charge on any atom is -0.351 e. The van der Waals surface area contributed by atoms with Crippen LogP contribution in [0.1, 0.15) is 36.2 Å². The van der Waals surface area contributed by atoms with Crippen LogP contribution in [0, 0.1) is 10.1 Å². The molecular weight excluding hydrogens is 314 g/mol. The number of carbonyl (C=O) groups is 1. The fourth-order valence-corrected chi connectivity index (χ4v) is 3.40. The second-order valence-electron chi connectivity index (χ2n) is 4.81. The third-order valence-corrected chi connectivity index (χ3v) is 4.64. The molecule has 1 aromatic rings. The molecule has 2 unspecified atom stereocenters. The minimum atomic E-state index is -0.513. The summed E-state index contributed by atoms with van der Waals surface area (Å²) in [5, 5.41) is 10.6. The zero-order valence-corrected chi connectivity index (χ0v) is 12.2.